The Bertz CT molecular complexity index is 615. The third-order valence-electron chi connectivity index (χ3n) is 3.90. The van der Waals surface area contributed by atoms with E-state index >= 15 is 0 Å². The van der Waals surface area contributed by atoms with Gasteiger partial charge in [0.2, 0.25) is 0 Å². The predicted molar refractivity (Wildman–Crippen MR) is 76.9 cm³/mol. The molecule has 1 aliphatic rings. The lowest BCUT2D eigenvalue weighted by atomic mass is 9.90. The van der Waals surface area contributed by atoms with E-state index < -0.39 is 35.7 Å². The summed E-state index contributed by atoms with van der Waals surface area (Å²) in [6.45, 7) is -0.529. The molecule has 0 atom stereocenters. The van der Waals surface area contributed by atoms with E-state index in [0.717, 1.165) is 17.4 Å². The predicted octanol–water partition coefficient (Wildman–Crippen LogP) is 3.12. The van der Waals surface area contributed by atoms with E-state index in [2.05, 4.69) is 0 Å². The van der Waals surface area contributed by atoms with Gasteiger partial charge in [0.1, 0.15) is 5.56 Å². The zero-order chi connectivity index (χ0) is 17.2. The highest BCUT2D eigenvalue weighted by Crippen LogP contribution is 2.32. The van der Waals surface area contributed by atoms with E-state index in [1.54, 1.807) is 0 Å². The van der Waals surface area contributed by atoms with Gasteiger partial charge in [-0.15, -0.1) is 0 Å². The van der Waals surface area contributed by atoms with Crippen LogP contribution in [0.2, 0.25) is 0 Å². The van der Waals surface area contributed by atoms with E-state index in [0.29, 0.717) is 12.8 Å². The molecule has 0 aromatic heterocycles. The normalized spacial score (nSPS) is 15.1. The van der Waals surface area contributed by atoms with Crippen LogP contribution in [0.1, 0.15) is 36.0 Å². The molecule has 1 saturated carbocycles. The molecule has 1 amide bonds. The van der Waals surface area contributed by atoms with Crippen LogP contribution in [-0.2, 0) is 0 Å². The van der Waals surface area contributed by atoms with Crippen molar-refractivity contribution < 1.29 is 22.9 Å². The second kappa shape index (κ2) is 6.43. The molecule has 0 heterocycles. The first-order valence-corrected chi connectivity index (χ1v) is 7.11. The number of nitrogen functional groups attached to an aromatic ring is 1. The van der Waals surface area contributed by atoms with Crippen molar-refractivity contribution >= 4 is 17.3 Å². The lowest BCUT2D eigenvalue weighted by molar-refractivity contribution is -0.385. The van der Waals surface area contributed by atoms with Crippen LogP contribution < -0.4 is 5.73 Å². The second-order valence-corrected chi connectivity index (χ2v) is 5.45. The van der Waals surface area contributed by atoms with Gasteiger partial charge in [0.25, 0.3) is 11.6 Å². The van der Waals surface area contributed by atoms with Crippen LogP contribution in [0.4, 0.5) is 24.5 Å². The van der Waals surface area contributed by atoms with Crippen LogP contribution in [0.25, 0.3) is 0 Å². The Morgan fingerprint density at radius 1 is 1.39 bits per heavy atom. The smallest absolute Gasteiger partial charge is 0.390 e. The Morgan fingerprint density at radius 2 is 2.04 bits per heavy atom. The Balaban J connectivity index is 2.32. The van der Waals surface area contributed by atoms with E-state index in [1.807, 2.05) is 0 Å². The second-order valence-electron chi connectivity index (χ2n) is 5.45. The quantitative estimate of drug-likeness (QED) is 0.510. The third kappa shape index (κ3) is 3.91. The van der Waals surface area contributed by atoms with Crippen LogP contribution in [0.15, 0.2) is 18.2 Å². The molecule has 2 rings (SSSR count). The van der Waals surface area contributed by atoms with Crippen molar-refractivity contribution in [2.45, 2.75) is 37.9 Å². The van der Waals surface area contributed by atoms with Crippen LogP contribution in [-0.4, -0.2) is 34.5 Å². The highest BCUT2D eigenvalue weighted by Gasteiger charge is 2.36. The van der Waals surface area contributed by atoms with Crippen molar-refractivity contribution in [3.05, 3.63) is 33.9 Å². The molecule has 0 saturated heterocycles. The van der Waals surface area contributed by atoms with Gasteiger partial charge in [0, 0.05) is 18.7 Å². The van der Waals surface area contributed by atoms with Crippen LogP contribution >= 0.6 is 0 Å². The molecule has 1 aliphatic carbocycles. The molecule has 1 aromatic rings. The van der Waals surface area contributed by atoms with Gasteiger partial charge < -0.3 is 10.6 Å². The van der Waals surface area contributed by atoms with Gasteiger partial charge in [-0.05, 0) is 25.3 Å². The number of anilines is 1. The molecule has 0 aliphatic heterocycles. The van der Waals surface area contributed by atoms with Crippen LogP contribution in [0.5, 0.6) is 0 Å². The number of hydrogen-bond donors (Lipinski definition) is 1. The Labute approximate surface area is 130 Å². The first kappa shape index (κ1) is 17.0. The average molecular weight is 331 g/mol. The fraction of sp³-hybridized carbons (Fsp3) is 0.500. The molecule has 0 spiro atoms. The monoisotopic (exact) mass is 331 g/mol. The molecular weight excluding hydrogens is 315 g/mol. The first-order chi connectivity index (χ1) is 10.7. The van der Waals surface area contributed by atoms with E-state index in [9.17, 15) is 28.1 Å². The van der Waals surface area contributed by atoms with Gasteiger partial charge in [-0.2, -0.15) is 13.2 Å². The average Bonchev–Trinajstić information content (AvgIpc) is 2.39. The van der Waals surface area contributed by atoms with Crippen LogP contribution in [0.3, 0.4) is 0 Å². The van der Waals surface area contributed by atoms with Gasteiger partial charge in [0.05, 0.1) is 17.0 Å². The Kier molecular flexibility index (Phi) is 4.76. The first-order valence-electron chi connectivity index (χ1n) is 7.11. The SMILES string of the molecule is Nc1cccc([N+](=O)[O-])c1C(=O)N(CCC(F)(F)F)C1CCC1. The van der Waals surface area contributed by atoms with Crippen molar-refractivity contribution in [1.29, 1.82) is 0 Å². The molecule has 0 radical (unpaired) electrons. The number of amides is 1. The Hall–Kier alpha value is -2.32. The van der Waals surface area contributed by atoms with Crippen molar-refractivity contribution in [2.75, 3.05) is 12.3 Å². The summed E-state index contributed by atoms with van der Waals surface area (Å²) in [5, 5.41) is 11.1. The van der Waals surface area contributed by atoms with Gasteiger partial charge in [-0.25, -0.2) is 0 Å². The summed E-state index contributed by atoms with van der Waals surface area (Å²) >= 11 is 0. The molecule has 0 bridgehead atoms. The van der Waals surface area contributed by atoms with Gasteiger partial charge in [-0.3, -0.25) is 14.9 Å². The van der Waals surface area contributed by atoms with Gasteiger partial charge >= 0.3 is 6.18 Å². The topological polar surface area (TPSA) is 89.5 Å². The summed E-state index contributed by atoms with van der Waals surface area (Å²) < 4.78 is 37.4. The molecule has 0 unspecified atom stereocenters. The minimum Gasteiger partial charge on any atom is -0.398 e. The van der Waals surface area contributed by atoms with Crippen molar-refractivity contribution in [3.8, 4) is 0 Å². The molecule has 9 heteroatoms. The number of hydrogen-bond acceptors (Lipinski definition) is 4. The van der Waals surface area contributed by atoms with Gasteiger partial charge in [-0.1, -0.05) is 6.07 Å². The summed E-state index contributed by atoms with van der Waals surface area (Å²) in [6.07, 6.45) is -3.58. The number of rotatable bonds is 5. The molecule has 2 N–H and O–H groups in total. The number of carbonyl (C=O) groups is 1. The number of carbonyl (C=O) groups excluding carboxylic acids is 1. The minimum absolute atomic E-state index is 0.111. The molecule has 1 aromatic carbocycles. The lowest BCUT2D eigenvalue weighted by Crippen LogP contribution is -2.46. The van der Waals surface area contributed by atoms with E-state index in [4.69, 9.17) is 5.73 Å². The molecular formula is C14H16F3N3O3. The molecule has 126 valence electrons. The van der Waals surface area contributed by atoms with E-state index in [-0.39, 0.29) is 17.3 Å². The number of alkyl halides is 3. The number of nitrogens with zero attached hydrogens (tertiary/aromatic N) is 2. The van der Waals surface area contributed by atoms with Gasteiger partial charge in [0.15, 0.2) is 0 Å². The van der Waals surface area contributed by atoms with Crippen LogP contribution in [0, 0.1) is 10.1 Å². The Morgan fingerprint density at radius 3 is 2.52 bits per heavy atom. The third-order valence-corrected chi connectivity index (χ3v) is 3.90. The zero-order valence-corrected chi connectivity index (χ0v) is 12.2. The maximum atomic E-state index is 12.6. The van der Waals surface area contributed by atoms with Crippen molar-refractivity contribution in [1.82, 2.24) is 4.90 Å². The summed E-state index contributed by atoms with van der Waals surface area (Å²) in [4.78, 5) is 24.0. The zero-order valence-electron chi connectivity index (χ0n) is 12.2. The highest BCUT2D eigenvalue weighted by atomic mass is 19.4. The minimum atomic E-state index is -4.41. The number of nitro benzene ring substituents is 1. The number of benzene rings is 1. The molecule has 23 heavy (non-hydrogen) atoms. The lowest BCUT2D eigenvalue weighted by Gasteiger charge is -2.38. The number of halogens is 3. The van der Waals surface area contributed by atoms with Crippen molar-refractivity contribution in [2.24, 2.45) is 0 Å². The fourth-order valence-corrected chi connectivity index (χ4v) is 2.48. The molecule has 6 nitrogen and oxygen atoms in total. The summed E-state index contributed by atoms with van der Waals surface area (Å²) in [7, 11) is 0. The molecule has 1 fully saturated rings. The van der Waals surface area contributed by atoms with Crippen molar-refractivity contribution in [3.63, 3.8) is 0 Å². The highest BCUT2D eigenvalue weighted by molar-refractivity contribution is 6.03. The summed E-state index contributed by atoms with van der Waals surface area (Å²) in [5.41, 5.74) is 4.72. The summed E-state index contributed by atoms with van der Waals surface area (Å²) in [6, 6.07) is 3.44. The maximum absolute atomic E-state index is 12.6. The number of nitro groups is 1. The summed E-state index contributed by atoms with van der Waals surface area (Å²) in [5.74, 6) is -0.816. The maximum Gasteiger partial charge on any atom is 0.390 e. The van der Waals surface area contributed by atoms with E-state index in [1.165, 1.54) is 12.1 Å². The fourth-order valence-electron chi connectivity index (χ4n) is 2.48. The number of nitrogens with two attached hydrogens (primary N) is 1. The standard InChI is InChI=1S/C14H16F3N3O3/c15-14(16,17)7-8-19(9-3-1-4-9)13(21)12-10(18)5-2-6-11(12)20(22)23/h2,5-6,9H,1,3-4,7-8,18H2. The largest absolute Gasteiger partial charge is 0.398 e.